The minimum atomic E-state index is -0.546. The molecule has 0 saturated carbocycles. The number of aromatic nitrogens is 2. The van der Waals surface area contributed by atoms with Crippen LogP contribution in [0.5, 0.6) is 0 Å². The topological polar surface area (TPSA) is 122 Å². The van der Waals surface area contributed by atoms with Gasteiger partial charge in [-0.2, -0.15) is 5.26 Å². The van der Waals surface area contributed by atoms with Crippen molar-refractivity contribution in [3.8, 4) is 6.07 Å². The predicted octanol–water partition coefficient (Wildman–Crippen LogP) is 1.82. The molecule has 2 aromatic rings. The maximum absolute atomic E-state index is 11.9. The second-order valence-corrected chi connectivity index (χ2v) is 4.06. The van der Waals surface area contributed by atoms with Gasteiger partial charge in [-0.25, -0.2) is 9.97 Å². The van der Waals surface area contributed by atoms with Crippen LogP contribution in [0.3, 0.4) is 0 Å². The Bertz CT molecular complexity index is 749. The number of carbonyl (C=O) groups excluding carboxylic acids is 1. The first-order valence-corrected chi connectivity index (χ1v) is 5.81. The zero-order valence-corrected chi connectivity index (χ0v) is 10.9. The van der Waals surface area contributed by atoms with Crippen molar-refractivity contribution < 1.29 is 9.72 Å². The van der Waals surface area contributed by atoms with E-state index in [0.717, 1.165) is 0 Å². The number of amides is 1. The number of hydrogen-bond acceptors (Lipinski definition) is 6. The van der Waals surface area contributed by atoms with E-state index in [1.807, 2.05) is 6.07 Å². The Kier molecular flexibility index (Phi) is 3.85. The molecule has 0 unspecified atom stereocenters. The van der Waals surface area contributed by atoms with E-state index in [0.29, 0.717) is 5.56 Å². The first-order valence-electron chi connectivity index (χ1n) is 5.81. The molecule has 0 atom stereocenters. The van der Waals surface area contributed by atoms with Crippen molar-refractivity contribution in [2.24, 2.45) is 0 Å². The maximum Gasteiger partial charge on any atom is 0.290 e. The van der Waals surface area contributed by atoms with Crippen LogP contribution in [0.2, 0.25) is 0 Å². The number of hydrogen-bond donors (Lipinski definition) is 1. The van der Waals surface area contributed by atoms with Gasteiger partial charge in [0.15, 0.2) is 0 Å². The third kappa shape index (κ3) is 3.16. The van der Waals surface area contributed by atoms with Gasteiger partial charge in [0.25, 0.3) is 11.6 Å². The summed E-state index contributed by atoms with van der Waals surface area (Å²) >= 11 is 0. The highest BCUT2D eigenvalue weighted by atomic mass is 16.6. The molecule has 0 aliphatic rings. The first-order chi connectivity index (χ1) is 10.0. The molecule has 2 aromatic heterocycles. The number of nitro groups is 1. The van der Waals surface area contributed by atoms with E-state index in [1.165, 1.54) is 37.4 Å². The van der Waals surface area contributed by atoms with Gasteiger partial charge in [0.05, 0.1) is 10.5 Å². The third-order valence-electron chi connectivity index (χ3n) is 2.62. The van der Waals surface area contributed by atoms with E-state index >= 15 is 0 Å². The van der Waals surface area contributed by atoms with Crippen molar-refractivity contribution in [2.75, 3.05) is 5.32 Å². The van der Waals surface area contributed by atoms with Gasteiger partial charge in [-0.05, 0) is 25.1 Å². The minimum Gasteiger partial charge on any atom is -0.305 e. The quantitative estimate of drug-likeness (QED) is 0.677. The van der Waals surface area contributed by atoms with Gasteiger partial charge in [0.2, 0.25) is 0 Å². The Balaban J connectivity index is 2.17. The summed E-state index contributed by atoms with van der Waals surface area (Å²) in [6.45, 7) is 1.48. The summed E-state index contributed by atoms with van der Waals surface area (Å²) < 4.78 is 0. The average molecular weight is 283 g/mol. The van der Waals surface area contributed by atoms with Crippen LogP contribution >= 0.6 is 0 Å². The second-order valence-electron chi connectivity index (χ2n) is 4.06. The van der Waals surface area contributed by atoms with Crippen LogP contribution in [0.15, 0.2) is 30.5 Å². The third-order valence-corrected chi connectivity index (χ3v) is 2.62. The molecule has 21 heavy (non-hydrogen) atoms. The summed E-state index contributed by atoms with van der Waals surface area (Å²) in [5, 5.41) is 21.8. The minimum absolute atomic E-state index is 0.117. The zero-order valence-electron chi connectivity index (χ0n) is 10.9. The summed E-state index contributed by atoms with van der Waals surface area (Å²) in [5.41, 5.74) is 0.540. The fourth-order valence-electron chi connectivity index (χ4n) is 1.59. The molecule has 0 bridgehead atoms. The van der Waals surface area contributed by atoms with Gasteiger partial charge in [-0.1, -0.05) is 0 Å². The highest BCUT2D eigenvalue weighted by Crippen LogP contribution is 2.18. The SMILES string of the molecule is Cc1nc(NC(=O)c2ccc(C#N)cn2)ccc1[N+](=O)[O-]. The number of rotatable bonds is 3. The number of aryl methyl sites for hydroxylation is 1. The van der Waals surface area contributed by atoms with Crippen molar-refractivity contribution in [1.82, 2.24) is 9.97 Å². The molecule has 0 spiro atoms. The molecule has 2 heterocycles. The normalized spacial score (nSPS) is 9.71. The van der Waals surface area contributed by atoms with Crippen LogP contribution in [0.25, 0.3) is 0 Å². The fourth-order valence-corrected chi connectivity index (χ4v) is 1.59. The van der Waals surface area contributed by atoms with Crippen molar-refractivity contribution in [3.63, 3.8) is 0 Å². The van der Waals surface area contributed by atoms with Gasteiger partial charge in [0, 0.05) is 12.3 Å². The molecule has 1 amide bonds. The zero-order chi connectivity index (χ0) is 15.4. The molecule has 104 valence electrons. The summed E-state index contributed by atoms with van der Waals surface area (Å²) in [6, 6.07) is 7.38. The number of nitrogens with one attached hydrogen (secondary N) is 1. The molecule has 0 aliphatic carbocycles. The van der Waals surface area contributed by atoms with Crippen molar-refractivity contribution in [1.29, 1.82) is 5.26 Å². The van der Waals surface area contributed by atoms with E-state index in [9.17, 15) is 14.9 Å². The summed E-state index contributed by atoms with van der Waals surface area (Å²) in [7, 11) is 0. The van der Waals surface area contributed by atoms with E-state index in [1.54, 1.807) is 0 Å². The van der Waals surface area contributed by atoms with E-state index < -0.39 is 10.8 Å². The van der Waals surface area contributed by atoms with E-state index in [2.05, 4.69) is 15.3 Å². The van der Waals surface area contributed by atoms with E-state index in [-0.39, 0.29) is 22.9 Å². The Morgan fingerprint density at radius 1 is 1.38 bits per heavy atom. The van der Waals surface area contributed by atoms with Gasteiger partial charge in [0.1, 0.15) is 23.3 Å². The van der Waals surface area contributed by atoms with Crippen molar-refractivity contribution in [2.45, 2.75) is 6.92 Å². The number of nitrogens with zero attached hydrogens (tertiary/aromatic N) is 4. The van der Waals surface area contributed by atoms with Crippen molar-refractivity contribution in [3.05, 3.63) is 57.5 Å². The lowest BCUT2D eigenvalue weighted by atomic mass is 10.2. The van der Waals surface area contributed by atoms with Gasteiger partial charge in [-0.3, -0.25) is 14.9 Å². The molecular formula is C13H9N5O3. The molecular weight excluding hydrogens is 274 g/mol. The molecule has 0 saturated heterocycles. The predicted molar refractivity (Wildman–Crippen MR) is 72.5 cm³/mol. The standard InChI is InChI=1S/C13H9N5O3/c1-8-11(18(20)21)4-5-12(16-8)17-13(19)10-3-2-9(6-14)7-15-10/h2-5,7H,1H3,(H,16,17,19). The van der Waals surface area contributed by atoms with Gasteiger partial charge >= 0.3 is 0 Å². The number of pyridine rings is 2. The van der Waals surface area contributed by atoms with Crippen molar-refractivity contribution >= 4 is 17.4 Å². The summed E-state index contributed by atoms with van der Waals surface area (Å²) in [5.74, 6) is -0.325. The number of nitriles is 1. The Labute approximate surface area is 119 Å². The average Bonchev–Trinajstić information content (AvgIpc) is 2.47. The highest BCUT2D eigenvalue weighted by Gasteiger charge is 2.14. The van der Waals surface area contributed by atoms with Crippen LogP contribution < -0.4 is 5.32 Å². The smallest absolute Gasteiger partial charge is 0.290 e. The molecule has 0 radical (unpaired) electrons. The van der Waals surface area contributed by atoms with Crippen LogP contribution in [0.1, 0.15) is 21.7 Å². The molecule has 8 nitrogen and oxygen atoms in total. The van der Waals surface area contributed by atoms with Gasteiger partial charge < -0.3 is 5.32 Å². The Hall–Kier alpha value is -3.34. The van der Waals surface area contributed by atoms with Crippen LogP contribution in [-0.2, 0) is 0 Å². The Morgan fingerprint density at radius 3 is 2.67 bits per heavy atom. The van der Waals surface area contributed by atoms with Crippen LogP contribution in [0, 0.1) is 28.4 Å². The highest BCUT2D eigenvalue weighted by molar-refractivity contribution is 6.02. The number of carbonyl (C=O) groups is 1. The second kappa shape index (κ2) is 5.75. The van der Waals surface area contributed by atoms with E-state index in [4.69, 9.17) is 5.26 Å². The summed E-state index contributed by atoms with van der Waals surface area (Å²) in [4.78, 5) is 29.8. The lowest BCUT2D eigenvalue weighted by Crippen LogP contribution is -2.15. The number of anilines is 1. The monoisotopic (exact) mass is 283 g/mol. The molecule has 0 aliphatic heterocycles. The summed E-state index contributed by atoms with van der Waals surface area (Å²) in [6.07, 6.45) is 1.28. The molecule has 1 N–H and O–H groups in total. The molecule has 2 rings (SSSR count). The molecule has 0 fully saturated rings. The van der Waals surface area contributed by atoms with Crippen LogP contribution in [-0.4, -0.2) is 20.8 Å². The largest absolute Gasteiger partial charge is 0.305 e. The van der Waals surface area contributed by atoms with Gasteiger partial charge in [-0.15, -0.1) is 0 Å². The van der Waals surface area contributed by atoms with Crippen LogP contribution in [0.4, 0.5) is 11.5 Å². The lowest BCUT2D eigenvalue weighted by Gasteiger charge is -2.05. The maximum atomic E-state index is 11.9. The molecule has 0 aromatic carbocycles. The lowest BCUT2D eigenvalue weighted by molar-refractivity contribution is -0.385. The molecule has 8 heteroatoms. The Morgan fingerprint density at radius 2 is 2.14 bits per heavy atom. The fraction of sp³-hybridized carbons (Fsp3) is 0.0769. The first kappa shape index (κ1) is 14.1.